The summed E-state index contributed by atoms with van der Waals surface area (Å²) in [6, 6.07) is -0.195. The summed E-state index contributed by atoms with van der Waals surface area (Å²) in [5, 5.41) is 3.14. The average Bonchev–Trinajstić information content (AvgIpc) is 3.30. The van der Waals surface area contributed by atoms with E-state index in [0.717, 1.165) is 51.5 Å². The van der Waals surface area contributed by atoms with Gasteiger partial charge >= 0.3 is 0 Å². The van der Waals surface area contributed by atoms with Gasteiger partial charge in [-0.05, 0) is 37.5 Å². The topological polar surface area (TPSA) is 49.4 Å². The Morgan fingerprint density at radius 3 is 2.48 bits per heavy atom. The van der Waals surface area contributed by atoms with E-state index in [4.69, 9.17) is 0 Å². The maximum atomic E-state index is 13.2. The van der Waals surface area contributed by atoms with E-state index < -0.39 is 5.54 Å². The molecule has 21 heavy (non-hydrogen) atoms. The van der Waals surface area contributed by atoms with Crippen LogP contribution in [-0.4, -0.2) is 34.8 Å². The van der Waals surface area contributed by atoms with E-state index in [2.05, 4.69) is 19.2 Å². The lowest BCUT2D eigenvalue weighted by Crippen LogP contribution is -2.71. The summed E-state index contributed by atoms with van der Waals surface area (Å²) >= 11 is 0. The van der Waals surface area contributed by atoms with Crippen molar-refractivity contribution in [2.75, 3.05) is 6.54 Å². The normalized spacial score (nSPS) is 30.4. The molecule has 3 rings (SSSR count). The molecule has 0 bridgehead atoms. The van der Waals surface area contributed by atoms with Crippen LogP contribution in [0.5, 0.6) is 0 Å². The Kier molecular flexibility index (Phi) is 3.98. The zero-order chi connectivity index (χ0) is 15.0. The standard InChI is InChI=1S/C17H28N2O2/c1-3-12(2)11-19-14(13-7-8-13)15(20)18-17(16(19)21)9-5-4-6-10-17/h12-14H,3-11H2,1-2H3,(H,18,20). The molecule has 0 aromatic heterocycles. The molecule has 1 heterocycles. The molecule has 2 amide bonds. The van der Waals surface area contributed by atoms with Crippen LogP contribution in [0.2, 0.25) is 0 Å². The van der Waals surface area contributed by atoms with Crippen LogP contribution in [0.1, 0.15) is 65.2 Å². The van der Waals surface area contributed by atoms with E-state index in [1.54, 1.807) is 0 Å². The zero-order valence-electron chi connectivity index (χ0n) is 13.4. The van der Waals surface area contributed by atoms with Crippen molar-refractivity contribution >= 4 is 11.8 Å². The average molecular weight is 292 g/mol. The van der Waals surface area contributed by atoms with Crippen molar-refractivity contribution in [3.63, 3.8) is 0 Å². The molecule has 1 N–H and O–H groups in total. The minimum Gasteiger partial charge on any atom is -0.340 e. The molecule has 2 saturated carbocycles. The van der Waals surface area contributed by atoms with Crippen molar-refractivity contribution in [3.8, 4) is 0 Å². The van der Waals surface area contributed by atoms with E-state index in [1.807, 2.05) is 4.90 Å². The molecule has 2 unspecified atom stereocenters. The smallest absolute Gasteiger partial charge is 0.249 e. The van der Waals surface area contributed by atoms with Gasteiger partial charge < -0.3 is 10.2 Å². The van der Waals surface area contributed by atoms with E-state index in [0.29, 0.717) is 11.8 Å². The first-order valence-corrected chi connectivity index (χ1v) is 8.70. The molecule has 3 aliphatic rings. The SMILES string of the molecule is CCC(C)CN1C(=O)C2(CCCCC2)NC(=O)C1C1CC1. The highest BCUT2D eigenvalue weighted by molar-refractivity contribution is 6.00. The number of hydrogen-bond acceptors (Lipinski definition) is 2. The Labute approximate surface area is 127 Å². The largest absolute Gasteiger partial charge is 0.340 e. The Bertz CT molecular complexity index is 425. The van der Waals surface area contributed by atoms with Crippen LogP contribution in [0.25, 0.3) is 0 Å². The van der Waals surface area contributed by atoms with E-state index in [9.17, 15) is 9.59 Å². The molecule has 3 fully saturated rings. The Morgan fingerprint density at radius 2 is 1.90 bits per heavy atom. The molecule has 0 radical (unpaired) electrons. The molecule has 1 aliphatic heterocycles. The lowest BCUT2D eigenvalue weighted by Gasteiger charge is -2.48. The molecule has 2 aliphatic carbocycles. The van der Waals surface area contributed by atoms with Crippen molar-refractivity contribution in [2.24, 2.45) is 11.8 Å². The third-order valence-electron chi connectivity index (χ3n) is 5.62. The first-order chi connectivity index (χ1) is 10.1. The quantitative estimate of drug-likeness (QED) is 0.865. The van der Waals surface area contributed by atoms with Gasteiger partial charge in [0.25, 0.3) is 0 Å². The second-order valence-electron chi connectivity index (χ2n) is 7.39. The van der Waals surface area contributed by atoms with Gasteiger partial charge in [-0.1, -0.05) is 39.5 Å². The lowest BCUT2D eigenvalue weighted by molar-refractivity contribution is -0.158. The molecule has 4 heteroatoms. The third-order valence-corrected chi connectivity index (χ3v) is 5.62. The van der Waals surface area contributed by atoms with Crippen molar-refractivity contribution < 1.29 is 9.59 Å². The van der Waals surface area contributed by atoms with Crippen LogP contribution >= 0.6 is 0 Å². The highest BCUT2D eigenvalue weighted by atomic mass is 16.2. The van der Waals surface area contributed by atoms with E-state index in [-0.39, 0.29) is 17.9 Å². The highest BCUT2D eigenvalue weighted by Gasteiger charge is 2.54. The Hall–Kier alpha value is -1.06. The predicted octanol–water partition coefficient (Wildman–Crippen LogP) is 2.47. The van der Waals surface area contributed by atoms with Gasteiger partial charge in [0.1, 0.15) is 11.6 Å². The number of nitrogens with zero attached hydrogens (tertiary/aromatic N) is 1. The van der Waals surface area contributed by atoms with Gasteiger partial charge in [0.2, 0.25) is 11.8 Å². The molecular weight excluding hydrogens is 264 g/mol. The minimum absolute atomic E-state index is 0.113. The number of rotatable bonds is 4. The van der Waals surface area contributed by atoms with Crippen molar-refractivity contribution in [1.82, 2.24) is 10.2 Å². The summed E-state index contributed by atoms with van der Waals surface area (Å²) in [6.45, 7) is 5.07. The first kappa shape index (κ1) is 14.9. The predicted molar refractivity (Wildman–Crippen MR) is 81.6 cm³/mol. The van der Waals surface area contributed by atoms with Gasteiger partial charge in [0, 0.05) is 6.54 Å². The fourth-order valence-electron chi connectivity index (χ4n) is 3.94. The fraction of sp³-hybridized carbons (Fsp3) is 0.882. The maximum Gasteiger partial charge on any atom is 0.249 e. The first-order valence-electron chi connectivity index (χ1n) is 8.70. The molecule has 0 aromatic carbocycles. The third kappa shape index (κ3) is 2.69. The van der Waals surface area contributed by atoms with Crippen LogP contribution < -0.4 is 5.32 Å². The molecule has 0 aromatic rings. The highest BCUT2D eigenvalue weighted by Crippen LogP contribution is 2.41. The molecule has 1 spiro atoms. The number of carbonyl (C=O) groups is 2. The van der Waals surface area contributed by atoms with Crippen LogP contribution in [0.3, 0.4) is 0 Å². The molecule has 118 valence electrons. The van der Waals surface area contributed by atoms with E-state index >= 15 is 0 Å². The number of piperazine rings is 1. The van der Waals surface area contributed by atoms with Crippen molar-refractivity contribution in [1.29, 1.82) is 0 Å². The van der Waals surface area contributed by atoms with Gasteiger partial charge in [-0.3, -0.25) is 9.59 Å². The van der Waals surface area contributed by atoms with Crippen LogP contribution in [0.15, 0.2) is 0 Å². The number of nitrogens with one attached hydrogen (secondary N) is 1. The molecular formula is C17H28N2O2. The summed E-state index contributed by atoms with van der Waals surface area (Å²) in [5.74, 6) is 1.18. The Balaban J connectivity index is 1.85. The summed E-state index contributed by atoms with van der Waals surface area (Å²) in [7, 11) is 0. The second-order valence-corrected chi connectivity index (χ2v) is 7.39. The van der Waals surface area contributed by atoms with Crippen LogP contribution in [0, 0.1) is 11.8 Å². The fourth-order valence-corrected chi connectivity index (χ4v) is 3.94. The van der Waals surface area contributed by atoms with Crippen molar-refractivity contribution in [3.05, 3.63) is 0 Å². The zero-order valence-corrected chi connectivity index (χ0v) is 13.4. The van der Waals surface area contributed by atoms with Gasteiger partial charge in [-0.15, -0.1) is 0 Å². The van der Waals surface area contributed by atoms with Gasteiger partial charge in [0.05, 0.1) is 0 Å². The van der Waals surface area contributed by atoms with Crippen LogP contribution in [-0.2, 0) is 9.59 Å². The monoisotopic (exact) mass is 292 g/mol. The van der Waals surface area contributed by atoms with Gasteiger partial charge in [-0.25, -0.2) is 0 Å². The van der Waals surface area contributed by atoms with Crippen molar-refractivity contribution in [2.45, 2.75) is 76.8 Å². The van der Waals surface area contributed by atoms with E-state index in [1.165, 1.54) is 6.42 Å². The lowest BCUT2D eigenvalue weighted by atomic mass is 9.78. The van der Waals surface area contributed by atoms with Gasteiger partial charge in [-0.2, -0.15) is 0 Å². The van der Waals surface area contributed by atoms with Crippen LogP contribution in [0.4, 0.5) is 0 Å². The molecule has 1 saturated heterocycles. The maximum absolute atomic E-state index is 13.2. The molecule has 2 atom stereocenters. The summed E-state index contributed by atoms with van der Waals surface area (Å²) < 4.78 is 0. The molecule has 4 nitrogen and oxygen atoms in total. The van der Waals surface area contributed by atoms with Gasteiger partial charge in [0.15, 0.2) is 0 Å². The number of hydrogen-bond donors (Lipinski definition) is 1. The summed E-state index contributed by atoms with van der Waals surface area (Å²) in [5.41, 5.74) is -0.575. The Morgan fingerprint density at radius 1 is 1.24 bits per heavy atom. The number of carbonyl (C=O) groups excluding carboxylic acids is 2. The second kappa shape index (κ2) is 5.62. The summed E-state index contributed by atoms with van der Waals surface area (Å²) in [6.07, 6.45) is 8.18. The minimum atomic E-state index is -0.575. The number of amides is 2. The summed E-state index contributed by atoms with van der Waals surface area (Å²) in [4.78, 5) is 27.8.